The first-order chi connectivity index (χ1) is 8.44. The molecule has 2 rings (SSSR count). The minimum absolute atomic E-state index is 0.195. The zero-order valence-electron chi connectivity index (χ0n) is 11.0. The zero-order valence-corrected chi connectivity index (χ0v) is 11.0. The minimum Gasteiger partial charge on any atom is -0.337 e. The molecule has 0 saturated carbocycles. The fourth-order valence-electron chi connectivity index (χ4n) is 1.61. The predicted octanol–water partition coefficient (Wildman–Crippen LogP) is 3.94. The number of hydrogen-bond acceptors (Lipinski definition) is 1. The molecule has 0 fully saturated rings. The van der Waals surface area contributed by atoms with E-state index in [4.69, 9.17) is 0 Å². The van der Waals surface area contributed by atoms with Crippen LogP contribution in [0.5, 0.6) is 0 Å². The first-order valence-electron chi connectivity index (χ1n) is 6.06. The fourth-order valence-corrected chi connectivity index (χ4v) is 1.61. The molecule has 1 radical (unpaired) electrons. The number of nitrogens with zero attached hydrogens (tertiary/aromatic N) is 2. The molecule has 0 aliphatic rings. The van der Waals surface area contributed by atoms with Crippen LogP contribution in [0.15, 0.2) is 36.8 Å². The summed E-state index contributed by atoms with van der Waals surface area (Å²) in [5, 5.41) is 0. The van der Waals surface area contributed by atoms with Crippen molar-refractivity contribution in [1.82, 2.24) is 9.55 Å². The number of imidazole rings is 1. The Balaban J connectivity index is 2.08. The summed E-state index contributed by atoms with van der Waals surface area (Å²) in [4.78, 5) is 4.34. The summed E-state index contributed by atoms with van der Waals surface area (Å²) in [5.41, 5.74) is 2.00. The molecule has 1 heterocycles. The average molecular weight is 245 g/mol. The van der Waals surface area contributed by atoms with Crippen molar-refractivity contribution >= 4 is 0 Å². The number of halogens is 1. The highest BCUT2D eigenvalue weighted by Crippen LogP contribution is 2.20. The monoisotopic (exact) mass is 245 g/mol. The molecular weight excluding hydrogens is 227 g/mol. The third-order valence-corrected chi connectivity index (χ3v) is 2.69. The molecular formula is C15H18FN2. The molecule has 0 N–H and O–H groups in total. The van der Waals surface area contributed by atoms with E-state index in [-0.39, 0.29) is 11.2 Å². The van der Waals surface area contributed by atoms with Crippen LogP contribution in [0, 0.1) is 17.7 Å². The van der Waals surface area contributed by atoms with Gasteiger partial charge in [-0.3, -0.25) is 0 Å². The summed E-state index contributed by atoms with van der Waals surface area (Å²) in [6, 6.07) is 6.40. The van der Waals surface area contributed by atoms with Crippen LogP contribution < -0.4 is 0 Å². The topological polar surface area (TPSA) is 17.8 Å². The van der Waals surface area contributed by atoms with E-state index in [1.165, 1.54) is 12.1 Å². The number of aromatic nitrogens is 2. The summed E-state index contributed by atoms with van der Waals surface area (Å²) >= 11 is 0. The van der Waals surface area contributed by atoms with Crippen molar-refractivity contribution in [2.45, 2.75) is 27.3 Å². The second kappa shape index (κ2) is 4.92. The van der Waals surface area contributed by atoms with E-state index in [2.05, 4.69) is 32.2 Å². The van der Waals surface area contributed by atoms with E-state index in [0.717, 1.165) is 17.8 Å². The Hall–Kier alpha value is -1.64. The Kier molecular flexibility index (Phi) is 3.50. The third kappa shape index (κ3) is 3.42. The van der Waals surface area contributed by atoms with Crippen LogP contribution in [0.25, 0.3) is 11.3 Å². The molecule has 1 aromatic heterocycles. The molecule has 0 amide bonds. The van der Waals surface area contributed by atoms with Crippen molar-refractivity contribution in [3.63, 3.8) is 0 Å². The highest BCUT2D eigenvalue weighted by Gasteiger charge is 2.10. The van der Waals surface area contributed by atoms with Gasteiger partial charge in [-0.05, 0) is 36.1 Å². The first-order valence-corrected chi connectivity index (χ1v) is 6.06. The Labute approximate surface area is 107 Å². The Morgan fingerprint density at radius 3 is 2.50 bits per heavy atom. The third-order valence-electron chi connectivity index (χ3n) is 2.69. The van der Waals surface area contributed by atoms with Gasteiger partial charge in [0.25, 0.3) is 0 Å². The molecule has 0 aliphatic heterocycles. The lowest BCUT2D eigenvalue weighted by atomic mass is 9.92. The Morgan fingerprint density at radius 2 is 1.89 bits per heavy atom. The fraction of sp³-hybridized carbons (Fsp3) is 0.333. The van der Waals surface area contributed by atoms with Gasteiger partial charge < -0.3 is 4.57 Å². The lowest BCUT2D eigenvalue weighted by Gasteiger charge is -2.17. The molecule has 95 valence electrons. The van der Waals surface area contributed by atoms with Crippen LogP contribution in [0.2, 0.25) is 0 Å². The molecule has 2 aromatic rings. The van der Waals surface area contributed by atoms with Crippen molar-refractivity contribution in [1.29, 1.82) is 0 Å². The van der Waals surface area contributed by atoms with Gasteiger partial charge in [0.1, 0.15) is 5.82 Å². The van der Waals surface area contributed by atoms with E-state index in [1.807, 2.05) is 10.8 Å². The second-order valence-electron chi connectivity index (χ2n) is 5.53. The predicted molar refractivity (Wildman–Crippen MR) is 71.4 cm³/mol. The standard InChI is InChI=1S/C15H18FN2/c1-15(2,3)8-9-18-10-14(17-11-18)12-4-6-13(16)7-5-12/h4-8,10-11H,9H2,1-3H3. The molecule has 2 nitrogen and oxygen atoms in total. The highest BCUT2D eigenvalue weighted by molar-refractivity contribution is 5.57. The van der Waals surface area contributed by atoms with Gasteiger partial charge in [0.2, 0.25) is 0 Å². The van der Waals surface area contributed by atoms with Crippen molar-refractivity contribution in [3.05, 3.63) is 49.0 Å². The average Bonchev–Trinajstić information content (AvgIpc) is 2.75. The lowest BCUT2D eigenvalue weighted by Crippen LogP contribution is -2.10. The second-order valence-corrected chi connectivity index (χ2v) is 5.53. The molecule has 0 saturated heterocycles. The zero-order chi connectivity index (χ0) is 13.2. The summed E-state index contributed by atoms with van der Waals surface area (Å²) in [6.07, 6.45) is 6.03. The molecule has 0 atom stereocenters. The molecule has 3 heteroatoms. The van der Waals surface area contributed by atoms with Gasteiger partial charge in [-0.25, -0.2) is 9.37 Å². The van der Waals surface area contributed by atoms with E-state index >= 15 is 0 Å². The maximum atomic E-state index is 12.8. The summed E-state index contributed by atoms with van der Waals surface area (Å²) in [6.45, 7) is 7.35. The van der Waals surface area contributed by atoms with Gasteiger partial charge in [-0.1, -0.05) is 20.8 Å². The SMILES string of the molecule is CC(C)(C)[CH]Cn1cnc(-c2ccc(F)cc2)c1. The maximum absolute atomic E-state index is 12.8. The van der Waals surface area contributed by atoms with Crippen LogP contribution in [0.1, 0.15) is 20.8 Å². The van der Waals surface area contributed by atoms with Gasteiger partial charge in [0.05, 0.1) is 12.0 Å². The van der Waals surface area contributed by atoms with Crippen molar-refractivity contribution < 1.29 is 4.39 Å². The Bertz CT molecular complexity index is 506. The van der Waals surface area contributed by atoms with Crippen molar-refractivity contribution in [3.8, 4) is 11.3 Å². The van der Waals surface area contributed by atoms with Crippen molar-refractivity contribution in [2.24, 2.45) is 5.41 Å². The van der Waals surface area contributed by atoms with Crippen LogP contribution in [0.4, 0.5) is 4.39 Å². The van der Waals surface area contributed by atoms with E-state index in [0.29, 0.717) is 0 Å². The normalized spacial score (nSPS) is 11.8. The smallest absolute Gasteiger partial charge is 0.123 e. The van der Waals surface area contributed by atoms with E-state index in [1.54, 1.807) is 18.5 Å². The number of benzene rings is 1. The van der Waals surface area contributed by atoms with Gasteiger partial charge in [0.15, 0.2) is 0 Å². The van der Waals surface area contributed by atoms with Gasteiger partial charge in [0, 0.05) is 18.3 Å². The van der Waals surface area contributed by atoms with Gasteiger partial charge in [-0.2, -0.15) is 0 Å². The number of rotatable bonds is 3. The molecule has 18 heavy (non-hydrogen) atoms. The van der Waals surface area contributed by atoms with Gasteiger partial charge >= 0.3 is 0 Å². The van der Waals surface area contributed by atoms with Gasteiger partial charge in [-0.15, -0.1) is 0 Å². The summed E-state index contributed by atoms with van der Waals surface area (Å²) < 4.78 is 14.9. The molecule has 0 aliphatic carbocycles. The van der Waals surface area contributed by atoms with Crippen LogP contribution in [0.3, 0.4) is 0 Å². The summed E-state index contributed by atoms with van der Waals surface area (Å²) in [5.74, 6) is -0.223. The van der Waals surface area contributed by atoms with Crippen LogP contribution in [-0.4, -0.2) is 9.55 Å². The first kappa shape index (κ1) is 12.8. The molecule has 1 aromatic carbocycles. The van der Waals surface area contributed by atoms with Crippen molar-refractivity contribution in [2.75, 3.05) is 0 Å². The van der Waals surface area contributed by atoms with Crippen LogP contribution in [-0.2, 0) is 6.54 Å². The van der Waals surface area contributed by atoms with E-state index in [9.17, 15) is 4.39 Å². The minimum atomic E-state index is -0.223. The molecule has 0 unspecified atom stereocenters. The van der Waals surface area contributed by atoms with E-state index < -0.39 is 0 Å². The molecule has 0 spiro atoms. The quantitative estimate of drug-likeness (QED) is 0.801. The molecule has 0 bridgehead atoms. The number of hydrogen-bond donors (Lipinski definition) is 0. The van der Waals surface area contributed by atoms with Crippen LogP contribution >= 0.6 is 0 Å². The largest absolute Gasteiger partial charge is 0.337 e. The lowest BCUT2D eigenvalue weighted by molar-refractivity contribution is 0.459. The maximum Gasteiger partial charge on any atom is 0.123 e. The Morgan fingerprint density at radius 1 is 1.22 bits per heavy atom. The highest BCUT2D eigenvalue weighted by atomic mass is 19.1. The summed E-state index contributed by atoms with van der Waals surface area (Å²) in [7, 11) is 0.